The Hall–Kier alpha value is 0.418. The van der Waals surface area contributed by atoms with Crippen molar-refractivity contribution in [3.8, 4) is 0 Å². The van der Waals surface area contributed by atoms with Gasteiger partial charge in [-0.05, 0) is 78.0 Å². The van der Waals surface area contributed by atoms with Crippen LogP contribution in [0.15, 0.2) is 4.99 Å². The van der Waals surface area contributed by atoms with E-state index in [9.17, 15) is 0 Å². The van der Waals surface area contributed by atoms with Crippen molar-refractivity contribution in [3.05, 3.63) is 0 Å². The van der Waals surface area contributed by atoms with E-state index >= 15 is 0 Å². The van der Waals surface area contributed by atoms with Crippen molar-refractivity contribution in [2.75, 3.05) is 6.54 Å². The molecule has 8 heteroatoms. The van der Waals surface area contributed by atoms with Gasteiger partial charge >= 0.3 is 8.80 Å². The molecule has 0 unspecified atom stereocenters. The van der Waals surface area contributed by atoms with Crippen LogP contribution >= 0.6 is 0 Å². The summed E-state index contributed by atoms with van der Waals surface area (Å²) in [4.78, 5) is 4.52. The summed E-state index contributed by atoms with van der Waals surface area (Å²) in [5.74, 6) is 0. The molecule has 0 aromatic carbocycles. The Labute approximate surface area is 155 Å². The minimum Gasteiger partial charge on any atom is -0.417 e. The van der Waals surface area contributed by atoms with Gasteiger partial charge in [0.1, 0.15) is 0 Å². The van der Waals surface area contributed by atoms with E-state index in [0.29, 0.717) is 0 Å². The number of rotatable bonds is 12. The highest BCUT2D eigenvalue weighted by Crippen LogP contribution is 2.29. The normalized spacial score (nSPS) is 14.6. The van der Waals surface area contributed by atoms with Crippen LogP contribution in [0.4, 0.5) is 0 Å². The van der Waals surface area contributed by atoms with Gasteiger partial charge in [0.25, 0.3) is 0 Å². The maximum absolute atomic E-state index is 6.65. The van der Waals surface area contributed by atoms with Crippen molar-refractivity contribution in [2.45, 2.75) is 91.2 Å². The monoisotopic (exact) mass is 407 g/mol. The lowest BCUT2D eigenvalue weighted by atomic mass is 10.3. The molecule has 0 bridgehead atoms. The first-order chi connectivity index (χ1) is 10.7. The van der Waals surface area contributed by atoms with Gasteiger partial charge in [0.05, 0.1) is 0 Å². The molecule has 0 amide bonds. The fraction of sp³-hybridized carbons (Fsp3) is 0.938. The maximum atomic E-state index is 6.65. The van der Waals surface area contributed by atoms with Gasteiger partial charge in [0.2, 0.25) is 0 Å². The molecule has 0 fully saturated rings. The Bertz CT molecular complexity index is 343. The predicted molar refractivity (Wildman–Crippen MR) is 117 cm³/mol. The summed E-state index contributed by atoms with van der Waals surface area (Å²) in [6, 6.07) is 0.849. The van der Waals surface area contributed by atoms with Crippen LogP contribution in [0.2, 0.25) is 65.0 Å². The Morgan fingerprint density at radius 2 is 1.17 bits per heavy atom. The van der Waals surface area contributed by atoms with Crippen LogP contribution in [0.5, 0.6) is 0 Å². The van der Waals surface area contributed by atoms with Gasteiger partial charge in [0.15, 0.2) is 25.0 Å². The van der Waals surface area contributed by atoms with Gasteiger partial charge in [-0.15, -0.1) is 0 Å². The summed E-state index contributed by atoms with van der Waals surface area (Å²) in [5.41, 5.74) is 0. The highest BCUT2D eigenvalue weighted by atomic mass is 28.5. The molecule has 0 N–H and O–H groups in total. The molecule has 0 spiro atoms. The second kappa shape index (κ2) is 9.93. The minimum atomic E-state index is -2.68. The lowest BCUT2D eigenvalue weighted by molar-refractivity contribution is 0.253. The molecular weight excluding hydrogens is 367 g/mol. The summed E-state index contributed by atoms with van der Waals surface area (Å²) in [6.07, 6.45) is 5.27. The first-order valence-corrected chi connectivity index (χ1v) is 21.4. The molecule has 0 aliphatic heterocycles. The molecule has 0 atom stereocenters. The van der Waals surface area contributed by atoms with Crippen molar-refractivity contribution in [3.63, 3.8) is 0 Å². The van der Waals surface area contributed by atoms with E-state index in [4.69, 9.17) is 12.3 Å². The number of unbranched alkanes of at least 4 members (excludes halogenated alkanes) is 1. The molecule has 4 nitrogen and oxygen atoms in total. The van der Waals surface area contributed by atoms with Gasteiger partial charge in [-0.25, -0.2) is 0 Å². The van der Waals surface area contributed by atoms with Crippen molar-refractivity contribution < 1.29 is 12.3 Å². The van der Waals surface area contributed by atoms with Crippen molar-refractivity contribution in [1.82, 2.24) is 0 Å². The van der Waals surface area contributed by atoms with Crippen LogP contribution < -0.4 is 0 Å². The molecule has 0 saturated carbocycles. The SMILES string of the molecule is CCCC/N=C/CC[Si](O[Si](C)(C)C)(O[Si](C)(C)C)O[Si](C)(C)C. The lowest BCUT2D eigenvalue weighted by Gasteiger charge is -2.42. The molecule has 144 valence electrons. The second-order valence-electron chi connectivity index (χ2n) is 9.31. The van der Waals surface area contributed by atoms with Crippen LogP contribution in [-0.2, 0) is 12.3 Å². The van der Waals surface area contributed by atoms with Crippen molar-refractivity contribution in [1.29, 1.82) is 0 Å². The summed E-state index contributed by atoms with van der Waals surface area (Å²) in [5, 5.41) is 0. The van der Waals surface area contributed by atoms with Crippen LogP contribution in [0, 0.1) is 0 Å². The molecule has 24 heavy (non-hydrogen) atoms. The first-order valence-electron chi connectivity index (χ1n) is 9.27. The van der Waals surface area contributed by atoms with Gasteiger partial charge in [-0.2, -0.15) is 0 Å². The van der Waals surface area contributed by atoms with Crippen molar-refractivity contribution in [2.24, 2.45) is 4.99 Å². The molecular formula is C16H41NO3Si4. The minimum absolute atomic E-state index is 0.849. The first kappa shape index (κ1) is 24.4. The number of hydrogen-bond acceptors (Lipinski definition) is 4. The lowest BCUT2D eigenvalue weighted by Crippen LogP contribution is -2.60. The zero-order chi connectivity index (χ0) is 19.1. The fourth-order valence-electron chi connectivity index (χ4n) is 2.29. The highest BCUT2D eigenvalue weighted by molar-refractivity contribution is 6.90. The quantitative estimate of drug-likeness (QED) is 0.235. The second-order valence-corrected chi connectivity index (χ2v) is 26.3. The van der Waals surface area contributed by atoms with Crippen LogP contribution in [0.1, 0.15) is 26.2 Å². The standard InChI is InChI=1S/C16H41NO3Si4/c1-11-12-14-17-15-13-16-24(18-21(2,3)4,19-22(5,6)7)20-23(8,9)10/h15H,11-14,16H2,1-10H3/b17-15+. The third-order valence-corrected chi connectivity index (χ3v) is 14.7. The third-order valence-electron chi connectivity index (χ3n) is 2.73. The predicted octanol–water partition coefficient (Wildman–Crippen LogP) is 5.74. The van der Waals surface area contributed by atoms with E-state index in [-0.39, 0.29) is 0 Å². The number of nitrogens with zero attached hydrogens (tertiary/aromatic N) is 1. The molecule has 0 heterocycles. The van der Waals surface area contributed by atoms with E-state index in [1.165, 1.54) is 6.42 Å². The zero-order valence-corrected chi connectivity index (χ0v) is 21.8. The van der Waals surface area contributed by atoms with Crippen LogP contribution in [0.3, 0.4) is 0 Å². The topological polar surface area (TPSA) is 40.0 Å². The molecule has 0 aromatic heterocycles. The van der Waals surface area contributed by atoms with Gasteiger partial charge in [0, 0.05) is 12.6 Å². The van der Waals surface area contributed by atoms with E-state index in [0.717, 1.165) is 25.4 Å². The number of hydrogen-bond donors (Lipinski definition) is 0. The average molecular weight is 408 g/mol. The Morgan fingerprint density at radius 1 is 0.750 bits per heavy atom. The van der Waals surface area contributed by atoms with Gasteiger partial charge < -0.3 is 12.3 Å². The molecule has 0 aliphatic carbocycles. The summed E-state index contributed by atoms with van der Waals surface area (Å²) < 4.78 is 19.9. The smallest absolute Gasteiger partial charge is 0.417 e. The van der Waals surface area contributed by atoms with Gasteiger partial charge in [-0.1, -0.05) is 13.3 Å². The molecule has 0 aromatic rings. The fourth-order valence-corrected chi connectivity index (χ4v) is 16.8. The van der Waals surface area contributed by atoms with Gasteiger partial charge in [-0.3, -0.25) is 4.99 Å². The molecule has 0 radical (unpaired) electrons. The van der Waals surface area contributed by atoms with E-state index < -0.39 is 33.8 Å². The Morgan fingerprint density at radius 3 is 1.50 bits per heavy atom. The Balaban J connectivity index is 5.27. The van der Waals surface area contributed by atoms with Crippen molar-refractivity contribution >= 4 is 40.0 Å². The third kappa shape index (κ3) is 13.7. The van der Waals surface area contributed by atoms with Crippen LogP contribution in [-0.4, -0.2) is 46.5 Å². The van der Waals surface area contributed by atoms with E-state index in [1.807, 2.05) is 6.21 Å². The average Bonchev–Trinajstić information content (AvgIpc) is 2.26. The van der Waals surface area contributed by atoms with E-state index in [1.54, 1.807) is 0 Å². The van der Waals surface area contributed by atoms with E-state index in [2.05, 4.69) is 70.8 Å². The van der Waals surface area contributed by atoms with Crippen LogP contribution in [0.25, 0.3) is 0 Å². The summed E-state index contributed by atoms with van der Waals surface area (Å²) in [7, 11) is -7.96. The molecule has 0 saturated heterocycles. The summed E-state index contributed by atoms with van der Waals surface area (Å²) >= 11 is 0. The number of aliphatic imine (C=N–C) groups is 1. The Kier molecular flexibility index (Phi) is 10.1. The zero-order valence-electron chi connectivity index (χ0n) is 17.8. The highest BCUT2D eigenvalue weighted by Gasteiger charge is 2.49. The largest absolute Gasteiger partial charge is 0.469 e. The molecule has 0 aliphatic rings. The molecule has 0 rings (SSSR count). The summed E-state index contributed by atoms with van der Waals surface area (Å²) in [6.45, 7) is 23.2. The maximum Gasteiger partial charge on any atom is 0.469 e.